The van der Waals surface area contributed by atoms with Crippen LogP contribution in [0, 0.1) is 5.92 Å². The Morgan fingerprint density at radius 1 is 1.00 bits per heavy atom. The van der Waals surface area contributed by atoms with Crippen LogP contribution in [-0.2, 0) is 20.8 Å². The zero-order valence-corrected chi connectivity index (χ0v) is 16.4. The van der Waals surface area contributed by atoms with Gasteiger partial charge in [0.05, 0.1) is 6.54 Å². The van der Waals surface area contributed by atoms with Gasteiger partial charge in [0.15, 0.2) is 5.78 Å². The van der Waals surface area contributed by atoms with Crippen molar-refractivity contribution in [1.29, 1.82) is 0 Å². The molecule has 150 valence electrons. The van der Waals surface area contributed by atoms with Gasteiger partial charge in [-0.05, 0) is 24.3 Å². The molecule has 0 spiro atoms. The number of urea groups is 1. The van der Waals surface area contributed by atoms with Crippen LogP contribution in [0.3, 0.4) is 0 Å². The van der Waals surface area contributed by atoms with Gasteiger partial charge in [-0.1, -0.05) is 38.1 Å². The number of benzene rings is 1. The summed E-state index contributed by atoms with van der Waals surface area (Å²) in [5.74, 6) is -2.31. The van der Waals surface area contributed by atoms with E-state index in [-0.39, 0.29) is 18.4 Å². The van der Waals surface area contributed by atoms with Gasteiger partial charge < -0.3 is 5.32 Å². The lowest BCUT2D eigenvalue weighted by Crippen LogP contribution is -2.38. The Kier molecular flexibility index (Phi) is 7.03. The number of amides is 5. The summed E-state index contributed by atoms with van der Waals surface area (Å²) in [6.07, 6.45) is 1.52. The summed E-state index contributed by atoms with van der Waals surface area (Å²) in [6, 6.07) is 6.12. The molecule has 1 heterocycles. The minimum absolute atomic E-state index is 0.0227. The van der Waals surface area contributed by atoms with Gasteiger partial charge in [0.2, 0.25) is 5.91 Å². The smallest absolute Gasteiger partial charge is 0.334 e. The molecule has 8 nitrogen and oxygen atoms in total. The molecule has 1 aliphatic rings. The summed E-state index contributed by atoms with van der Waals surface area (Å²) < 4.78 is 0. The van der Waals surface area contributed by atoms with Crippen LogP contribution in [0.5, 0.6) is 0 Å². The molecule has 0 atom stereocenters. The fourth-order valence-electron chi connectivity index (χ4n) is 2.87. The number of Topliss-reactive ketones (excluding diaryl/α,β-unsaturated/α-hetero) is 1. The molecule has 2 rings (SSSR count). The van der Waals surface area contributed by atoms with E-state index in [4.69, 9.17) is 0 Å². The number of aryl methyl sites for hydroxylation is 1. The second-order valence-electron chi connectivity index (χ2n) is 7.19. The lowest BCUT2D eigenvalue weighted by atomic mass is 10.0. The SMILES string of the molecule is CC(=O)NCCCc1ccc(C(=O)CN2C(=O)C(=O)N(CC(C)C)C2=O)cc1. The van der Waals surface area contributed by atoms with E-state index in [1.54, 1.807) is 24.3 Å². The molecule has 1 aromatic carbocycles. The van der Waals surface area contributed by atoms with E-state index in [9.17, 15) is 24.0 Å². The Labute approximate surface area is 163 Å². The molecule has 0 radical (unpaired) electrons. The van der Waals surface area contributed by atoms with Gasteiger partial charge in [0.25, 0.3) is 0 Å². The van der Waals surface area contributed by atoms with E-state index in [2.05, 4.69) is 5.32 Å². The van der Waals surface area contributed by atoms with Crippen LogP contribution < -0.4 is 5.32 Å². The van der Waals surface area contributed by atoms with Crippen molar-refractivity contribution in [3.63, 3.8) is 0 Å². The average Bonchev–Trinajstić information content (AvgIpc) is 2.83. The molecule has 1 N–H and O–H groups in total. The second kappa shape index (κ2) is 9.25. The third-order valence-corrected chi connectivity index (χ3v) is 4.28. The lowest BCUT2D eigenvalue weighted by Gasteiger charge is -2.16. The molecule has 5 amide bonds. The Bertz CT molecular complexity index is 786. The number of rotatable bonds is 9. The molecule has 0 bridgehead atoms. The minimum atomic E-state index is -0.964. The molecule has 1 saturated heterocycles. The second-order valence-corrected chi connectivity index (χ2v) is 7.19. The third kappa shape index (κ3) is 5.25. The van der Waals surface area contributed by atoms with Crippen LogP contribution in [0.4, 0.5) is 4.79 Å². The van der Waals surface area contributed by atoms with Crippen molar-refractivity contribution in [3.8, 4) is 0 Å². The Morgan fingerprint density at radius 2 is 1.61 bits per heavy atom. The first-order valence-electron chi connectivity index (χ1n) is 9.24. The number of nitrogens with one attached hydrogen (secondary N) is 1. The van der Waals surface area contributed by atoms with Crippen molar-refractivity contribution in [3.05, 3.63) is 35.4 Å². The predicted octanol–water partition coefficient (Wildman–Crippen LogP) is 1.38. The summed E-state index contributed by atoms with van der Waals surface area (Å²) in [5, 5.41) is 2.72. The van der Waals surface area contributed by atoms with E-state index >= 15 is 0 Å². The van der Waals surface area contributed by atoms with E-state index in [1.807, 2.05) is 13.8 Å². The molecule has 1 aromatic rings. The average molecular weight is 387 g/mol. The maximum Gasteiger partial charge on any atom is 0.334 e. The number of nitrogens with zero attached hydrogens (tertiary/aromatic N) is 2. The third-order valence-electron chi connectivity index (χ3n) is 4.28. The number of imide groups is 2. The van der Waals surface area contributed by atoms with Crippen LogP contribution in [0.25, 0.3) is 0 Å². The van der Waals surface area contributed by atoms with Crippen LogP contribution in [0.15, 0.2) is 24.3 Å². The molecule has 0 aromatic heterocycles. The van der Waals surface area contributed by atoms with Gasteiger partial charge >= 0.3 is 17.8 Å². The topological polar surface area (TPSA) is 104 Å². The predicted molar refractivity (Wildman–Crippen MR) is 101 cm³/mol. The van der Waals surface area contributed by atoms with E-state index in [0.717, 1.165) is 23.3 Å². The Morgan fingerprint density at radius 3 is 2.18 bits per heavy atom. The Hall–Kier alpha value is -3.03. The molecule has 28 heavy (non-hydrogen) atoms. The fourth-order valence-corrected chi connectivity index (χ4v) is 2.87. The number of carbonyl (C=O) groups is 5. The highest BCUT2D eigenvalue weighted by atomic mass is 16.2. The molecule has 0 unspecified atom stereocenters. The number of hydrogen-bond donors (Lipinski definition) is 1. The summed E-state index contributed by atoms with van der Waals surface area (Å²) in [7, 11) is 0. The lowest BCUT2D eigenvalue weighted by molar-refractivity contribution is -0.143. The van der Waals surface area contributed by atoms with Crippen molar-refractivity contribution in [2.24, 2.45) is 5.92 Å². The quantitative estimate of drug-likeness (QED) is 0.298. The molecule has 1 aliphatic heterocycles. The number of hydrogen-bond acceptors (Lipinski definition) is 5. The van der Waals surface area contributed by atoms with Crippen molar-refractivity contribution >= 4 is 29.5 Å². The fraction of sp³-hybridized carbons (Fsp3) is 0.450. The van der Waals surface area contributed by atoms with Crippen molar-refractivity contribution in [2.75, 3.05) is 19.6 Å². The molecular formula is C20H25N3O5. The zero-order chi connectivity index (χ0) is 20.8. The van der Waals surface area contributed by atoms with Crippen LogP contribution in [0.2, 0.25) is 0 Å². The molecular weight excluding hydrogens is 362 g/mol. The van der Waals surface area contributed by atoms with Crippen LogP contribution in [-0.4, -0.2) is 59.0 Å². The van der Waals surface area contributed by atoms with E-state index in [1.165, 1.54) is 6.92 Å². The van der Waals surface area contributed by atoms with Gasteiger partial charge in [-0.2, -0.15) is 0 Å². The molecule has 0 aliphatic carbocycles. The molecule has 8 heteroatoms. The monoisotopic (exact) mass is 387 g/mol. The summed E-state index contributed by atoms with van der Waals surface area (Å²) in [6.45, 7) is 5.39. The Balaban J connectivity index is 1.95. The highest BCUT2D eigenvalue weighted by Gasteiger charge is 2.45. The highest BCUT2D eigenvalue weighted by molar-refractivity contribution is 6.45. The summed E-state index contributed by atoms with van der Waals surface area (Å²) >= 11 is 0. The van der Waals surface area contributed by atoms with Gasteiger partial charge in [-0.15, -0.1) is 0 Å². The largest absolute Gasteiger partial charge is 0.356 e. The van der Waals surface area contributed by atoms with Crippen molar-refractivity contribution < 1.29 is 24.0 Å². The summed E-state index contributed by atoms with van der Waals surface area (Å²) in [4.78, 5) is 61.2. The van der Waals surface area contributed by atoms with Gasteiger partial charge in [-0.3, -0.25) is 24.1 Å². The zero-order valence-electron chi connectivity index (χ0n) is 16.4. The first kappa shape index (κ1) is 21.3. The van der Waals surface area contributed by atoms with E-state index < -0.39 is 30.2 Å². The van der Waals surface area contributed by atoms with Crippen molar-refractivity contribution in [1.82, 2.24) is 15.1 Å². The molecule has 1 fully saturated rings. The molecule has 0 saturated carbocycles. The van der Waals surface area contributed by atoms with Gasteiger partial charge in [0, 0.05) is 25.6 Å². The van der Waals surface area contributed by atoms with Crippen molar-refractivity contribution in [2.45, 2.75) is 33.6 Å². The van der Waals surface area contributed by atoms with Crippen LogP contribution in [0.1, 0.15) is 43.1 Å². The maximum absolute atomic E-state index is 12.5. The van der Waals surface area contributed by atoms with Crippen LogP contribution >= 0.6 is 0 Å². The normalized spacial score (nSPS) is 14.2. The van der Waals surface area contributed by atoms with Gasteiger partial charge in [-0.25, -0.2) is 9.69 Å². The first-order chi connectivity index (χ1) is 13.2. The maximum atomic E-state index is 12.5. The summed E-state index contributed by atoms with van der Waals surface area (Å²) in [5.41, 5.74) is 1.37. The van der Waals surface area contributed by atoms with E-state index in [0.29, 0.717) is 17.0 Å². The number of ketones is 1. The number of carbonyl (C=O) groups excluding carboxylic acids is 5. The van der Waals surface area contributed by atoms with Gasteiger partial charge in [0.1, 0.15) is 0 Å². The minimum Gasteiger partial charge on any atom is -0.356 e. The standard InChI is InChI=1S/C20H25N3O5/c1-13(2)11-22-18(26)19(27)23(20(22)28)12-17(25)16-8-6-15(7-9-16)5-4-10-21-14(3)24/h6-9,13H,4-5,10-12H2,1-3H3,(H,21,24). The first-order valence-corrected chi connectivity index (χ1v) is 9.24. The highest BCUT2D eigenvalue weighted by Crippen LogP contribution is 2.16.